The third kappa shape index (κ3) is 8.71. The molecule has 0 aliphatic heterocycles. The van der Waals surface area contributed by atoms with Gasteiger partial charge in [0.25, 0.3) is 0 Å². The number of rotatable bonds is 10. The highest BCUT2D eigenvalue weighted by molar-refractivity contribution is 9.10. The van der Waals surface area contributed by atoms with Gasteiger partial charge in [-0.1, -0.05) is 67.1 Å². The van der Waals surface area contributed by atoms with Crippen molar-refractivity contribution in [2.24, 2.45) is 0 Å². The lowest BCUT2D eigenvalue weighted by molar-refractivity contribution is 0.0549. The van der Waals surface area contributed by atoms with Crippen LogP contribution in [0.3, 0.4) is 0 Å². The van der Waals surface area contributed by atoms with Gasteiger partial charge < -0.3 is 4.74 Å². The Hall–Kier alpha value is -1.09. The molecular formula is C18H25BrO2. The van der Waals surface area contributed by atoms with Crippen molar-refractivity contribution in [1.82, 2.24) is 0 Å². The van der Waals surface area contributed by atoms with Crippen LogP contribution in [-0.4, -0.2) is 12.6 Å². The summed E-state index contributed by atoms with van der Waals surface area (Å²) in [5, 5.41) is 0. The van der Waals surface area contributed by atoms with Gasteiger partial charge >= 0.3 is 5.97 Å². The Balaban J connectivity index is 2.06. The van der Waals surface area contributed by atoms with Gasteiger partial charge in [-0.2, -0.15) is 0 Å². The van der Waals surface area contributed by atoms with Crippen molar-refractivity contribution < 1.29 is 9.53 Å². The summed E-state index contributed by atoms with van der Waals surface area (Å²) < 4.78 is 6.14. The smallest absolute Gasteiger partial charge is 0.338 e. The van der Waals surface area contributed by atoms with Crippen molar-refractivity contribution in [2.75, 3.05) is 6.61 Å². The van der Waals surface area contributed by atoms with Crippen LogP contribution in [0.1, 0.15) is 62.2 Å². The highest BCUT2D eigenvalue weighted by Gasteiger charge is 2.04. The molecule has 0 spiro atoms. The van der Waals surface area contributed by atoms with Gasteiger partial charge in [0.15, 0.2) is 0 Å². The summed E-state index contributed by atoms with van der Waals surface area (Å²) in [5.41, 5.74) is 0.586. The van der Waals surface area contributed by atoms with Gasteiger partial charge in [0, 0.05) is 4.47 Å². The molecule has 0 aliphatic rings. The van der Waals surface area contributed by atoms with Crippen molar-refractivity contribution in [3.8, 4) is 0 Å². The SMILES string of the molecule is CCCCCCCC/C=C/COC(=O)c1ccc(Br)cc1. The Morgan fingerprint density at radius 3 is 2.43 bits per heavy atom. The van der Waals surface area contributed by atoms with Crippen LogP contribution in [0, 0.1) is 0 Å². The van der Waals surface area contributed by atoms with E-state index >= 15 is 0 Å². The van der Waals surface area contributed by atoms with Crippen LogP contribution >= 0.6 is 15.9 Å². The Bertz CT molecular complexity index is 423. The maximum absolute atomic E-state index is 11.7. The number of unbranched alkanes of at least 4 members (excludes halogenated alkanes) is 6. The van der Waals surface area contributed by atoms with Crippen LogP contribution in [0.25, 0.3) is 0 Å². The molecule has 0 radical (unpaired) electrons. The minimum atomic E-state index is -0.272. The van der Waals surface area contributed by atoms with E-state index in [1.807, 2.05) is 18.2 Å². The molecule has 116 valence electrons. The summed E-state index contributed by atoms with van der Waals surface area (Å²) in [6, 6.07) is 7.19. The quantitative estimate of drug-likeness (QED) is 0.297. The van der Waals surface area contributed by atoms with Crippen LogP contribution in [-0.2, 0) is 4.74 Å². The molecule has 0 N–H and O–H groups in total. The summed E-state index contributed by atoms with van der Waals surface area (Å²) in [7, 11) is 0. The largest absolute Gasteiger partial charge is 0.458 e. The number of benzene rings is 1. The second-order valence-corrected chi connectivity index (χ2v) is 6.05. The highest BCUT2D eigenvalue weighted by Crippen LogP contribution is 2.11. The topological polar surface area (TPSA) is 26.3 Å². The maximum atomic E-state index is 11.7. The minimum absolute atomic E-state index is 0.272. The predicted octanol–water partition coefficient (Wildman–Crippen LogP) is 5.91. The summed E-state index contributed by atoms with van der Waals surface area (Å²) in [6.45, 7) is 2.59. The molecule has 0 atom stereocenters. The van der Waals surface area contributed by atoms with Crippen molar-refractivity contribution in [1.29, 1.82) is 0 Å². The second kappa shape index (κ2) is 11.6. The molecule has 0 unspecified atom stereocenters. The van der Waals surface area contributed by atoms with E-state index in [4.69, 9.17) is 4.74 Å². The van der Waals surface area contributed by atoms with E-state index in [9.17, 15) is 4.79 Å². The van der Waals surface area contributed by atoms with Crippen molar-refractivity contribution in [3.63, 3.8) is 0 Å². The van der Waals surface area contributed by atoms with Gasteiger partial charge in [0.05, 0.1) is 5.56 Å². The third-order valence-corrected chi connectivity index (χ3v) is 3.81. The number of hydrogen-bond acceptors (Lipinski definition) is 2. The summed E-state index contributed by atoms with van der Waals surface area (Å²) >= 11 is 3.34. The fourth-order valence-corrected chi connectivity index (χ4v) is 2.29. The van der Waals surface area contributed by atoms with E-state index < -0.39 is 0 Å². The zero-order valence-corrected chi connectivity index (χ0v) is 14.4. The molecule has 3 heteroatoms. The number of allylic oxidation sites excluding steroid dienone is 1. The molecule has 0 saturated heterocycles. The van der Waals surface area contributed by atoms with Gasteiger partial charge in [0.2, 0.25) is 0 Å². The average Bonchev–Trinajstić information content (AvgIpc) is 2.49. The predicted molar refractivity (Wildman–Crippen MR) is 91.6 cm³/mol. The van der Waals surface area contributed by atoms with E-state index in [0.717, 1.165) is 10.9 Å². The Labute approximate surface area is 136 Å². The highest BCUT2D eigenvalue weighted by atomic mass is 79.9. The van der Waals surface area contributed by atoms with Crippen molar-refractivity contribution in [2.45, 2.75) is 51.9 Å². The first-order valence-corrected chi connectivity index (χ1v) is 8.61. The molecule has 1 rings (SSSR count). The normalized spacial score (nSPS) is 11.0. The summed E-state index contributed by atoms with van der Waals surface area (Å²) in [4.78, 5) is 11.7. The first kappa shape index (κ1) is 18.0. The van der Waals surface area contributed by atoms with Crippen LogP contribution < -0.4 is 0 Å². The maximum Gasteiger partial charge on any atom is 0.338 e. The fourth-order valence-electron chi connectivity index (χ4n) is 2.02. The van der Waals surface area contributed by atoms with E-state index in [1.54, 1.807) is 12.1 Å². The lowest BCUT2D eigenvalue weighted by Crippen LogP contribution is -2.04. The van der Waals surface area contributed by atoms with Crippen molar-refractivity contribution >= 4 is 21.9 Å². The Kier molecular flexibility index (Phi) is 9.88. The second-order valence-electron chi connectivity index (χ2n) is 5.13. The monoisotopic (exact) mass is 352 g/mol. The molecule has 2 nitrogen and oxygen atoms in total. The van der Waals surface area contributed by atoms with E-state index in [2.05, 4.69) is 28.9 Å². The molecule has 0 aliphatic carbocycles. The molecule has 0 heterocycles. The molecule has 21 heavy (non-hydrogen) atoms. The number of halogens is 1. The van der Waals surface area contributed by atoms with Crippen molar-refractivity contribution in [3.05, 3.63) is 46.5 Å². The van der Waals surface area contributed by atoms with E-state index in [-0.39, 0.29) is 5.97 Å². The van der Waals surface area contributed by atoms with E-state index in [1.165, 1.54) is 38.5 Å². The average molecular weight is 353 g/mol. The summed E-state index contributed by atoms with van der Waals surface area (Å²) in [5.74, 6) is -0.272. The van der Waals surface area contributed by atoms with Crippen LogP contribution in [0.15, 0.2) is 40.9 Å². The fraction of sp³-hybridized carbons (Fsp3) is 0.500. The lowest BCUT2D eigenvalue weighted by Gasteiger charge is -2.02. The standard InChI is InChI=1S/C18H25BrO2/c1-2-3-4-5-6-7-8-9-10-15-21-18(20)16-11-13-17(19)14-12-16/h9-14H,2-8,15H2,1H3/b10-9+. The number of ether oxygens (including phenoxy) is 1. The Morgan fingerprint density at radius 1 is 1.05 bits per heavy atom. The number of carbonyl (C=O) groups excluding carboxylic acids is 1. The number of carbonyl (C=O) groups is 1. The number of esters is 1. The first-order chi connectivity index (χ1) is 10.2. The molecule has 0 aromatic heterocycles. The molecule has 1 aromatic carbocycles. The van der Waals surface area contributed by atoms with Gasteiger partial charge in [-0.25, -0.2) is 4.79 Å². The first-order valence-electron chi connectivity index (χ1n) is 7.81. The van der Waals surface area contributed by atoms with Gasteiger partial charge in [-0.15, -0.1) is 0 Å². The third-order valence-electron chi connectivity index (χ3n) is 3.28. The van der Waals surface area contributed by atoms with Gasteiger partial charge in [0.1, 0.15) is 6.61 Å². The lowest BCUT2D eigenvalue weighted by atomic mass is 10.1. The molecule has 0 fully saturated rings. The molecule has 1 aromatic rings. The minimum Gasteiger partial charge on any atom is -0.458 e. The Morgan fingerprint density at radius 2 is 1.71 bits per heavy atom. The molecule has 0 bridgehead atoms. The van der Waals surface area contributed by atoms with Crippen LogP contribution in [0.5, 0.6) is 0 Å². The van der Waals surface area contributed by atoms with E-state index in [0.29, 0.717) is 12.2 Å². The number of hydrogen-bond donors (Lipinski definition) is 0. The zero-order valence-electron chi connectivity index (χ0n) is 12.8. The van der Waals surface area contributed by atoms with Gasteiger partial charge in [-0.05, 0) is 37.1 Å². The molecular weight excluding hydrogens is 328 g/mol. The summed E-state index contributed by atoms with van der Waals surface area (Å²) in [6.07, 6.45) is 13.0. The molecule has 0 amide bonds. The zero-order chi connectivity index (χ0) is 15.3. The molecule has 0 saturated carbocycles. The van der Waals surface area contributed by atoms with Crippen LogP contribution in [0.2, 0.25) is 0 Å². The van der Waals surface area contributed by atoms with Crippen LogP contribution in [0.4, 0.5) is 0 Å². The van der Waals surface area contributed by atoms with Gasteiger partial charge in [-0.3, -0.25) is 0 Å².